The fraction of sp³-hybridized carbons (Fsp3) is 0.500. The SMILES string of the molecule is CC(O)C(C)Oc1ccc(CO)cc1C(F)(F)F. The zero-order valence-electron chi connectivity index (χ0n) is 10.0. The standard InChI is InChI=1S/C12H15F3O3/c1-7(17)8(2)18-11-4-3-9(6-16)5-10(11)12(13,14)15/h3-5,7-8,16-17H,6H2,1-2H3. The second-order valence-corrected chi connectivity index (χ2v) is 4.05. The molecule has 0 aromatic heterocycles. The molecule has 3 nitrogen and oxygen atoms in total. The third-order valence-electron chi connectivity index (χ3n) is 2.52. The van der Waals surface area contributed by atoms with Crippen molar-refractivity contribution >= 4 is 0 Å². The van der Waals surface area contributed by atoms with Crippen molar-refractivity contribution < 1.29 is 28.1 Å². The molecule has 0 radical (unpaired) electrons. The molecule has 0 fully saturated rings. The topological polar surface area (TPSA) is 49.7 Å². The van der Waals surface area contributed by atoms with Crippen molar-refractivity contribution in [1.29, 1.82) is 0 Å². The number of rotatable bonds is 4. The summed E-state index contributed by atoms with van der Waals surface area (Å²) in [5, 5.41) is 18.1. The van der Waals surface area contributed by atoms with Crippen molar-refractivity contribution in [1.82, 2.24) is 0 Å². The lowest BCUT2D eigenvalue weighted by Crippen LogP contribution is -2.26. The molecule has 1 aromatic rings. The molecule has 0 heterocycles. The van der Waals surface area contributed by atoms with Gasteiger partial charge < -0.3 is 14.9 Å². The van der Waals surface area contributed by atoms with Crippen LogP contribution in [0.5, 0.6) is 5.75 Å². The van der Waals surface area contributed by atoms with Crippen LogP contribution in [-0.2, 0) is 12.8 Å². The monoisotopic (exact) mass is 264 g/mol. The second kappa shape index (κ2) is 5.58. The number of benzene rings is 1. The predicted octanol–water partition coefficient (Wildman–Crippen LogP) is 2.35. The summed E-state index contributed by atoms with van der Waals surface area (Å²) < 4.78 is 43.5. The van der Waals surface area contributed by atoms with Crippen molar-refractivity contribution in [2.75, 3.05) is 0 Å². The minimum Gasteiger partial charge on any atom is -0.487 e. The van der Waals surface area contributed by atoms with E-state index in [-0.39, 0.29) is 11.3 Å². The summed E-state index contributed by atoms with van der Waals surface area (Å²) in [6.07, 6.45) is -6.21. The summed E-state index contributed by atoms with van der Waals surface area (Å²) in [6, 6.07) is 3.33. The maximum absolute atomic E-state index is 12.8. The summed E-state index contributed by atoms with van der Waals surface area (Å²) in [6.45, 7) is 2.43. The molecule has 1 aromatic carbocycles. The molecule has 2 atom stereocenters. The fourth-order valence-electron chi connectivity index (χ4n) is 1.30. The number of ether oxygens (including phenoxy) is 1. The van der Waals surface area contributed by atoms with Gasteiger partial charge in [-0.2, -0.15) is 13.2 Å². The number of hydrogen-bond donors (Lipinski definition) is 2. The molecule has 0 saturated heterocycles. The van der Waals surface area contributed by atoms with Gasteiger partial charge >= 0.3 is 6.18 Å². The van der Waals surface area contributed by atoms with E-state index in [1.807, 2.05) is 0 Å². The van der Waals surface area contributed by atoms with Crippen molar-refractivity contribution in [2.24, 2.45) is 0 Å². The van der Waals surface area contributed by atoms with Gasteiger partial charge in [0.2, 0.25) is 0 Å². The Labute approximate surface area is 103 Å². The van der Waals surface area contributed by atoms with Gasteiger partial charge in [-0.1, -0.05) is 6.07 Å². The van der Waals surface area contributed by atoms with E-state index in [2.05, 4.69) is 0 Å². The number of aliphatic hydroxyl groups is 2. The van der Waals surface area contributed by atoms with E-state index in [1.54, 1.807) is 0 Å². The molecule has 0 spiro atoms. The van der Waals surface area contributed by atoms with Gasteiger partial charge in [-0.05, 0) is 31.5 Å². The lowest BCUT2D eigenvalue weighted by molar-refractivity contribution is -0.139. The molecular weight excluding hydrogens is 249 g/mol. The van der Waals surface area contributed by atoms with Gasteiger partial charge in [0.1, 0.15) is 11.9 Å². The van der Waals surface area contributed by atoms with Crippen LogP contribution in [0, 0.1) is 0 Å². The first-order chi connectivity index (χ1) is 8.25. The smallest absolute Gasteiger partial charge is 0.419 e. The van der Waals surface area contributed by atoms with E-state index < -0.39 is 30.6 Å². The lowest BCUT2D eigenvalue weighted by Gasteiger charge is -2.21. The van der Waals surface area contributed by atoms with Gasteiger partial charge in [-0.15, -0.1) is 0 Å². The Kier molecular flexibility index (Phi) is 4.59. The molecule has 0 aliphatic heterocycles. The van der Waals surface area contributed by atoms with Crippen molar-refractivity contribution in [2.45, 2.75) is 38.8 Å². The van der Waals surface area contributed by atoms with Crippen LogP contribution in [-0.4, -0.2) is 22.4 Å². The molecule has 18 heavy (non-hydrogen) atoms. The maximum Gasteiger partial charge on any atom is 0.419 e. The summed E-state index contributed by atoms with van der Waals surface area (Å²) in [4.78, 5) is 0. The Morgan fingerprint density at radius 2 is 1.89 bits per heavy atom. The molecule has 0 amide bonds. The Hall–Kier alpha value is -1.27. The molecule has 0 aliphatic rings. The maximum atomic E-state index is 12.8. The van der Waals surface area contributed by atoms with Crippen LogP contribution in [0.4, 0.5) is 13.2 Å². The van der Waals surface area contributed by atoms with Gasteiger partial charge in [0.05, 0.1) is 18.3 Å². The summed E-state index contributed by atoms with van der Waals surface area (Å²) >= 11 is 0. The minimum absolute atomic E-state index is 0.152. The Balaban J connectivity index is 3.11. The van der Waals surface area contributed by atoms with E-state index in [9.17, 15) is 18.3 Å². The summed E-state index contributed by atoms with van der Waals surface area (Å²) in [5.41, 5.74) is -0.805. The number of halogens is 3. The van der Waals surface area contributed by atoms with Crippen LogP contribution in [0.25, 0.3) is 0 Å². The van der Waals surface area contributed by atoms with Crippen LogP contribution in [0.2, 0.25) is 0 Å². The van der Waals surface area contributed by atoms with Crippen molar-refractivity contribution in [3.05, 3.63) is 29.3 Å². The van der Waals surface area contributed by atoms with E-state index in [0.717, 1.165) is 12.1 Å². The predicted molar refractivity (Wildman–Crippen MR) is 59.1 cm³/mol. The molecular formula is C12H15F3O3. The largest absolute Gasteiger partial charge is 0.487 e. The highest BCUT2D eigenvalue weighted by Crippen LogP contribution is 2.37. The quantitative estimate of drug-likeness (QED) is 0.877. The molecule has 102 valence electrons. The molecule has 2 N–H and O–H groups in total. The zero-order valence-corrected chi connectivity index (χ0v) is 10.0. The fourth-order valence-corrected chi connectivity index (χ4v) is 1.30. The lowest BCUT2D eigenvalue weighted by atomic mass is 10.1. The molecule has 0 saturated carbocycles. The number of alkyl halides is 3. The summed E-state index contributed by atoms with van der Waals surface area (Å²) in [5.74, 6) is -0.354. The van der Waals surface area contributed by atoms with Crippen molar-refractivity contribution in [3.63, 3.8) is 0 Å². The molecule has 0 aliphatic carbocycles. The number of aliphatic hydroxyl groups excluding tert-OH is 2. The van der Waals surface area contributed by atoms with E-state index in [1.165, 1.54) is 19.9 Å². The van der Waals surface area contributed by atoms with Gasteiger partial charge in [-0.25, -0.2) is 0 Å². The first-order valence-electron chi connectivity index (χ1n) is 5.41. The van der Waals surface area contributed by atoms with Gasteiger partial charge in [0.25, 0.3) is 0 Å². The average molecular weight is 264 g/mol. The molecule has 1 rings (SSSR count). The second-order valence-electron chi connectivity index (χ2n) is 4.05. The van der Waals surface area contributed by atoms with Crippen LogP contribution >= 0.6 is 0 Å². The molecule has 2 unspecified atom stereocenters. The van der Waals surface area contributed by atoms with E-state index >= 15 is 0 Å². The third-order valence-corrected chi connectivity index (χ3v) is 2.52. The highest BCUT2D eigenvalue weighted by atomic mass is 19.4. The normalized spacial score (nSPS) is 15.3. The van der Waals surface area contributed by atoms with Gasteiger partial charge in [-0.3, -0.25) is 0 Å². The highest BCUT2D eigenvalue weighted by molar-refractivity contribution is 5.39. The zero-order chi connectivity index (χ0) is 13.9. The Bertz CT molecular complexity index is 402. The first kappa shape index (κ1) is 14.8. The van der Waals surface area contributed by atoms with Crippen LogP contribution in [0.1, 0.15) is 25.0 Å². The first-order valence-corrected chi connectivity index (χ1v) is 5.41. The Morgan fingerprint density at radius 3 is 2.33 bits per heavy atom. The van der Waals surface area contributed by atoms with Gasteiger partial charge in [0, 0.05) is 0 Å². The highest BCUT2D eigenvalue weighted by Gasteiger charge is 2.35. The van der Waals surface area contributed by atoms with Crippen LogP contribution in [0.15, 0.2) is 18.2 Å². The Morgan fingerprint density at radius 1 is 1.28 bits per heavy atom. The third kappa shape index (κ3) is 3.61. The van der Waals surface area contributed by atoms with Gasteiger partial charge in [0.15, 0.2) is 0 Å². The summed E-state index contributed by atoms with van der Waals surface area (Å²) in [7, 11) is 0. The van der Waals surface area contributed by atoms with Crippen molar-refractivity contribution in [3.8, 4) is 5.75 Å². The van der Waals surface area contributed by atoms with Crippen LogP contribution < -0.4 is 4.74 Å². The van der Waals surface area contributed by atoms with Crippen LogP contribution in [0.3, 0.4) is 0 Å². The van der Waals surface area contributed by atoms with E-state index in [0.29, 0.717) is 0 Å². The average Bonchev–Trinajstić information content (AvgIpc) is 2.27. The number of hydrogen-bond acceptors (Lipinski definition) is 3. The minimum atomic E-state index is -4.57. The molecule has 6 heteroatoms. The molecule has 0 bridgehead atoms. The van der Waals surface area contributed by atoms with E-state index in [4.69, 9.17) is 9.84 Å².